The fraction of sp³-hybridized carbons (Fsp3) is 0.500. The molecule has 1 rings (SSSR count). The van der Waals surface area contributed by atoms with E-state index >= 15 is 0 Å². The molecule has 0 aliphatic heterocycles. The third-order valence-corrected chi connectivity index (χ3v) is 2.62. The Hall–Kier alpha value is -1.51. The zero-order valence-corrected chi connectivity index (χ0v) is 10.7. The van der Waals surface area contributed by atoms with Crippen molar-refractivity contribution < 1.29 is 4.79 Å². The Balaban J connectivity index is 2.23. The molecule has 0 fully saturated rings. The van der Waals surface area contributed by atoms with Crippen molar-refractivity contribution in [1.29, 1.82) is 0 Å². The number of carbonyl (C=O) groups is 1. The average Bonchev–Trinajstić information content (AvgIpc) is 2.27. The number of hydrogen-bond donors (Lipinski definition) is 2. The summed E-state index contributed by atoms with van der Waals surface area (Å²) in [6, 6.07) is 7.43. The Labute approximate surface area is 103 Å². The molecule has 0 saturated carbocycles. The van der Waals surface area contributed by atoms with E-state index in [0.29, 0.717) is 12.3 Å². The summed E-state index contributed by atoms with van der Waals surface area (Å²) in [5, 5.41) is 2.93. The zero-order valence-electron chi connectivity index (χ0n) is 10.7. The Morgan fingerprint density at radius 2 is 1.94 bits per heavy atom. The number of benzene rings is 1. The standard InChI is InChI=1S/C14H22N2O/c1-11(2)4-3-9-16-14(17)10-12-5-7-13(15)8-6-12/h5-8,11H,3-4,9-10,15H2,1-2H3,(H,16,17). The highest BCUT2D eigenvalue weighted by atomic mass is 16.1. The van der Waals surface area contributed by atoms with Crippen molar-refractivity contribution in [2.75, 3.05) is 12.3 Å². The van der Waals surface area contributed by atoms with Crippen molar-refractivity contribution in [2.24, 2.45) is 5.92 Å². The number of nitrogen functional groups attached to an aromatic ring is 1. The van der Waals surface area contributed by atoms with Crippen molar-refractivity contribution in [3.05, 3.63) is 29.8 Å². The molecule has 3 nitrogen and oxygen atoms in total. The first-order valence-corrected chi connectivity index (χ1v) is 6.19. The monoisotopic (exact) mass is 234 g/mol. The molecule has 3 heteroatoms. The van der Waals surface area contributed by atoms with Gasteiger partial charge in [-0.05, 0) is 36.5 Å². The predicted octanol–water partition coefficient (Wildman–Crippen LogP) is 2.36. The quantitative estimate of drug-likeness (QED) is 0.586. The molecular formula is C14H22N2O. The predicted molar refractivity (Wildman–Crippen MR) is 71.6 cm³/mol. The summed E-state index contributed by atoms with van der Waals surface area (Å²) < 4.78 is 0. The van der Waals surface area contributed by atoms with E-state index in [1.54, 1.807) is 0 Å². The van der Waals surface area contributed by atoms with Crippen LogP contribution in [0.1, 0.15) is 32.3 Å². The fourth-order valence-electron chi connectivity index (χ4n) is 1.62. The van der Waals surface area contributed by atoms with Crippen molar-refractivity contribution >= 4 is 11.6 Å². The van der Waals surface area contributed by atoms with Crippen LogP contribution in [0.2, 0.25) is 0 Å². The van der Waals surface area contributed by atoms with E-state index < -0.39 is 0 Å². The molecule has 0 spiro atoms. The molecule has 0 aliphatic carbocycles. The lowest BCUT2D eigenvalue weighted by Gasteiger charge is -2.07. The van der Waals surface area contributed by atoms with Crippen molar-refractivity contribution in [3.63, 3.8) is 0 Å². The highest BCUT2D eigenvalue weighted by molar-refractivity contribution is 5.78. The molecule has 17 heavy (non-hydrogen) atoms. The summed E-state index contributed by atoms with van der Waals surface area (Å²) in [6.07, 6.45) is 2.63. The second-order valence-corrected chi connectivity index (χ2v) is 4.80. The highest BCUT2D eigenvalue weighted by Crippen LogP contribution is 2.06. The van der Waals surface area contributed by atoms with Gasteiger partial charge in [-0.25, -0.2) is 0 Å². The van der Waals surface area contributed by atoms with Crippen LogP contribution in [-0.2, 0) is 11.2 Å². The summed E-state index contributed by atoms with van der Waals surface area (Å²) in [7, 11) is 0. The van der Waals surface area contributed by atoms with E-state index in [2.05, 4.69) is 19.2 Å². The van der Waals surface area contributed by atoms with Gasteiger partial charge < -0.3 is 11.1 Å². The Kier molecular flexibility index (Phi) is 5.53. The molecule has 3 N–H and O–H groups in total. The van der Waals surface area contributed by atoms with Crippen molar-refractivity contribution in [2.45, 2.75) is 33.1 Å². The van der Waals surface area contributed by atoms with Gasteiger partial charge in [0.05, 0.1) is 6.42 Å². The third kappa shape index (κ3) is 5.95. The Morgan fingerprint density at radius 3 is 2.53 bits per heavy atom. The smallest absolute Gasteiger partial charge is 0.224 e. The first-order valence-electron chi connectivity index (χ1n) is 6.19. The number of rotatable bonds is 6. The third-order valence-electron chi connectivity index (χ3n) is 2.62. The SMILES string of the molecule is CC(C)CCCNC(=O)Cc1ccc(N)cc1. The molecule has 0 radical (unpaired) electrons. The van der Waals surface area contributed by atoms with E-state index in [1.165, 1.54) is 0 Å². The van der Waals surface area contributed by atoms with Crippen LogP contribution in [0.4, 0.5) is 5.69 Å². The highest BCUT2D eigenvalue weighted by Gasteiger charge is 2.02. The largest absolute Gasteiger partial charge is 0.399 e. The van der Waals surface area contributed by atoms with E-state index in [0.717, 1.165) is 30.6 Å². The summed E-state index contributed by atoms with van der Waals surface area (Å²) in [6.45, 7) is 5.15. The molecule has 0 saturated heterocycles. The summed E-state index contributed by atoms with van der Waals surface area (Å²) >= 11 is 0. The molecule has 0 atom stereocenters. The van der Waals surface area contributed by atoms with Gasteiger partial charge in [0.2, 0.25) is 5.91 Å². The molecule has 0 unspecified atom stereocenters. The second kappa shape index (κ2) is 6.94. The number of amides is 1. The summed E-state index contributed by atoms with van der Waals surface area (Å²) in [5.74, 6) is 0.780. The van der Waals surface area contributed by atoms with Gasteiger partial charge in [0, 0.05) is 12.2 Å². The van der Waals surface area contributed by atoms with Crippen LogP contribution in [0.15, 0.2) is 24.3 Å². The lowest BCUT2D eigenvalue weighted by molar-refractivity contribution is -0.120. The van der Waals surface area contributed by atoms with E-state index in [9.17, 15) is 4.79 Å². The van der Waals surface area contributed by atoms with Crippen molar-refractivity contribution in [1.82, 2.24) is 5.32 Å². The van der Waals surface area contributed by atoms with Crippen LogP contribution in [0.25, 0.3) is 0 Å². The van der Waals surface area contributed by atoms with Crippen LogP contribution < -0.4 is 11.1 Å². The molecule has 1 aromatic carbocycles. The van der Waals surface area contributed by atoms with Crippen LogP contribution in [0.5, 0.6) is 0 Å². The summed E-state index contributed by atoms with van der Waals surface area (Å²) in [4.78, 5) is 11.6. The number of carbonyl (C=O) groups excluding carboxylic acids is 1. The normalized spacial score (nSPS) is 10.5. The second-order valence-electron chi connectivity index (χ2n) is 4.80. The average molecular weight is 234 g/mol. The molecule has 0 bridgehead atoms. The van der Waals surface area contributed by atoms with Crippen LogP contribution >= 0.6 is 0 Å². The maximum Gasteiger partial charge on any atom is 0.224 e. The van der Waals surface area contributed by atoms with E-state index in [1.807, 2.05) is 24.3 Å². The van der Waals surface area contributed by atoms with E-state index in [-0.39, 0.29) is 5.91 Å². The molecule has 0 aliphatic rings. The number of nitrogens with two attached hydrogens (primary N) is 1. The molecule has 1 amide bonds. The number of hydrogen-bond acceptors (Lipinski definition) is 2. The first kappa shape index (κ1) is 13.6. The van der Waals surface area contributed by atoms with E-state index in [4.69, 9.17) is 5.73 Å². The molecule has 0 aromatic heterocycles. The van der Waals surface area contributed by atoms with Gasteiger partial charge in [0.1, 0.15) is 0 Å². The van der Waals surface area contributed by atoms with Crippen LogP contribution in [0.3, 0.4) is 0 Å². The number of nitrogens with one attached hydrogen (secondary N) is 1. The first-order chi connectivity index (χ1) is 8.08. The minimum atomic E-state index is 0.0820. The topological polar surface area (TPSA) is 55.1 Å². The van der Waals surface area contributed by atoms with Crippen LogP contribution in [-0.4, -0.2) is 12.5 Å². The molecule has 94 valence electrons. The fourth-order valence-corrected chi connectivity index (χ4v) is 1.62. The van der Waals surface area contributed by atoms with Gasteiger partial charge in [-0.1, -0.05) is 26.0 Å². The van der Waals surface area contributed by atoms with Gasteiger partial charge in [0.25, 0.3) is 0 Å². The maximum atomic E-state index is 11.6. The maximum absolute atomic E-state index is 11.6. The van der Waals surface area contributed by atoms with Gasteiger partial charge in [-0.2, -0.15) is 0 Å². The molecule has 1 aromatic rings. The van der Waals surface area contributed by atoms with Gasteiger partial charge in [-0.15, -0.1) is 0 Å². The van der Waals surface area contributed by atoms with Crippen molar-refractivity contribution in [3.8, 4) is 0 Å². The summed E-state index contributed by atoms with van der Waals surface area (Å²) in [5.41, 5.74) is 7.31. The lowest BCUT2D eigenvalue weighted by Crippen LogP contribution is -2.26. The number of anilines is 1. The molecule has 0 heterocycles. The minimum absolute atomic E-state index is 0.0820. The van der Waals surface area contributed by atoms with Gasteiger partial charge in [0.15, 0.2) is 0 Å². The molecular weight excluding hydrogens is 212 g/mol. The van der Waals surface area contributed by atoms with Gasteiger partial charge in [-0.3, -0.25) is 4.79 Å². The minimum Gasteiger partial charge on any atom is -0.399 e. The Morgan fingerprint density at radius 1 is 1.29 bits per heavy atom. The zero-order chi connectivity index (χ0) is 12.7. The van der Waals surface area contributed by atoms with Gasteiger partial charge >= 0.3 is 0 Å². The Bertz CT molecular complexity index is 344. The lowest BCUT2D eigenvalue weighted by atomic mass is 10.1. The van der Waals surface area contributed by atoms with Crippen LogP contribution in [0, 0.1) is 5.92 Å².